The molecule has 0 aliphatic rings. The number of benzene rings is 1. The van der Waals surface area contributed by atoms with Gasteiger partial charge in [0.2, 0.25) is 0 Å². The average molecular weight is 178 g/mol. The first-order chi connectivity index (χ1) is 6.22. The van der Waals surface area contributed by atoms with Crippen LogP contribution in [0.4, 0.5) is 0 Å². The Labute approximate surface area is 79.8 Å². The molecular formula is C11H16NO. The zero-order valence-electron chi connectivity index (χ0n) is 8.03. The molecule has 0 aliphatic carbocycles. The van der Waals surface area contributed by atoms with Gasteiger partial charge in [-0.2, -0.15) is 0 Å². The molecule has 1 aromatic carbocycles. The fraction of sp³-hybridized carbons (Fsp3) is 0.364. The van der Waals surface area contributed by atoms with E-state index in [0.717, 1.165) is 12.1 Å². The molecule has 0 fully saturated rings. The number of hydrogen-bond acceptors (Lipinski definition) is 2. The zero-order chi connectivity index (χ0) is 9.68. The molecule has 0 saturated heterocycles. The summed E-state index contributed by atoms with van der Waals surface area (Å²) in [4.78, 5) is 2.08. The summed E-state index contributed by atoms with van der Waals surface area (Å²) in [5.74, 6) is 0. The molecule has 0 aromatic heterocycles. The van der Waals surface area contributed by atoms with Gasteiger partial charge in [-0.3, -0.25) is 4.90 Å². The lowest BCUT2D eigenvalue weighted by atomic mass is 10.1. The first-order valence-electron chi connectivity index (χ1n) is 4.42. The van der Waals surface area contributed by atoms with E-state index in [9.17, 15) is 0 Å². The van der Waals surface area contributed by atoms with Crippen molar-refractivity contribution in [2.75, 3.05) is 20.2 Å². The number of aliphatic hydroxyl groups excluding tert-OH is 1. The molecule has 0 spiro atoms. The van der Waals surface area contributed by atoms with Crippen LogP contribution in [0.15, 0.2) is 24.3 Å². The van der Waals surface area contributed by atoms with E-state index in [-0.39, 0.29) is 6.61 Å². The Hall–Kier alpha value is -0.860. The van der Waals surface area contributed by atoms with Gasteiger partial charge < -0.3 is 5.11 Å². The molecule has 0 amide bonds. The number of nitrogens with zero attached hydrogens (tertiary/aromatic N) is 1. The lowest BCUT2D eigenvalue weighted by Gasteiger charge is -2.14. The van der Waals surface area contributed by atoms with Gasteiger partial charge >= 0.3 is 0 Å². The monoisotopic (exact) mass is 178 g/mol. The third kappa shape index (κ3) is 3.57. The van der Waals surface area contributed by atoms with Crippen LogP contribution in [0.5, 0.6) is 0 Å². The van der Waals surface area contributed by atoms with Crippen LogP contribution in [0.25, 0.3) is 0 Å². The van der Waals surface area contributed by atoms with Crippen LogP contribution in [0.1, 0.15) is 11.1 Å². The Morgan fingerprint density at radius 3 is 2.46 bits per heavy atom. The van der Waals surface area contributed by atoms with Crippen molar-refractivity contribution in [2.45, 2.75) is 6.54 Å². The molecule has 71 valence electrons. The number of likely N-dealkylation sites (N-methyl/N-ethyl adjacent to an activating group) is 1. The predicted molar refractivity (Wildman–Crippen MR) is 54.3 cm³/mol. The molecule has 0 saturated carbocycles. The minimum Gasteiger partial charge on any atom is -0.395 e. The van der Waals surface area contributed by atoms with Crippen LogP contribution in [0.2, 0.25) is 0 Å². The van der Waals surface area contributed by atoms with Gasteiger partial charge in [-0.1, -0.05) is 24.3 Å². The molecule has 1 N–H and O–H groups in total. The minimum absolute atomic E-state index is 0.212. The van der Waals surface area contributed by atoms with Crippen molar-refractivity contribution in [3.05, 3.63) is 42.3 Å². The molecule has 1 rings (SSSR count). The van der Waals surface area contributed by atoms with Crippen LogP contribution in [0.3, 0.4) is 0 Å². The molecule has 0 atom stereocenters. The maximum atomic E-state index is 8.71. The van der Waals surface area contributed by atoms with Gasteiger partial charge in [0, 0.05) is 13.1 Å². The Bertz CT molecular complexity index is 243. The molecule has 2 nitrogen and oxygen atoms in total. The van der Waals surface area contributed by atoms with E-state index in [0.29, 0.717) is 6.54 Å². The molecule has 1 aromatic rings. The van der Waals surface area contributed by atoms with Gasteiger partial charge in [-0.15, -0.1) is 0 Å². The summed E-state index contributed by atoms with van der Waals surface area (Å²) in [6.45, 7) is 5.63. The Kier molecular flexibility index (Phi) is 3.93. The molecule has 0 unspecified atom stereocenters. The summed E-state index contributed by atoms with van der Waals surface area (Å²) in [6.07, 6.45) is 0. The highest BCUT2D eigenvalue weighted by molar-refractivity contribution is 5.24. The third-order valence-corrected chi connectivity index (χ3v) is 1.96. The summed E-state index contributed by atoms with van der Waals surface area (Å²) in [5, 5.41) is 8.71. The Balaban J connectivity index is 2.49. The van der Waals surface area contributed by atoms with Gasteiger partial charge in [0.25, 0.3) is 0 Å². The normalized spacial score (nSPS) is 10.8. The first kappa shape index (κ1) is 10.2. The Morgan fingerprint density at radius 1 is 1.31 bits per heavy atom. The second-order valence-corrected chi connectivity index (χ2v) is 3.28. The van der Waals surface area contributed by atoms with Crippen molar-refractivity contribution < 1.29 is 5.11 Å². The van der Waals surface area contributed by atoms with E-state index in [1.165, 1.54) is 5.56 Å². The van der Waals surface area contributed by atoms with Crippen molar-refractivity contribution >= 4 is 0 Å². The lowest BCUT2D eigenvalue weighted by molar-refractivity contribution is 0.217. The van der Waals surface area contributed by atoms with Crippen molar-refractivity contribution in [2.24, 2.45) is 0 Å². The fourth-order valence-corrected chi connectivity index (χ4v) is 1.21. The van der Waals surface area contributed by atoms with Gasteiger partial charge in [-0.25, -0.2) is 0 Å². The predicted octanol–water partition coefficient (Wildman–Crippen LogP) is 1.29. The lowest BCUT2D eigenvalue weighted by Crippen LogP contribution is -2.21. The summed E-state index contributed by atoms with van der Waals surface area (Å²) in [7, 11) is 1.99. The standard InChI is InChI=1S/C11H16NO/c1-10-3-5-11(6-4-10)9-12(2)7-8-13/h3-6,13H,1,7-9H2,2H3. The van der Waals surface area contributed by atoms with Gasteiger partial charge in [-0.05, 0) is 25.1 Å². The first-order valence-corrected chi connectivity index (χ1v) is 4.42. The van der Waals surface area contributed by atoms with Crippen LogP contribution >= 0.6 is 0 Å². The van der Waals surface area contributed by atoms with E-state index in [1.807, 2.05) is 19.2 Å². The zero-order valence-corrected chi connectivity index (χ0v) is 8.03. The molecule has 1 radical (unpaired) electrons. The molecular weight excluding hydrogens is 162 g/mol. The van der Waals surface area contributed by atoms with Crippen LogP contribution in [-0.2, 0) is 6.54 Å². The van der Waals surface area contributed by atoms with Crippen LogP contribution < -0.4 is 0 Å². The molecule has 0 heterocycles. The quantitative estimate of drug-likeness (QED) is 0.751. The maximum Gasteiger partial charge on any atom is 0.0558 e. The number of hydrogen-bond donors (Lipinski definition) is 1. The molecule has 13 heavy (non-hydrogen) atoms. The highest BCUT2D eigenvalue weighted by atomic mass is 16.3. The largest absolute Gasteiger partial charge is 0.395 e. The molecule has 0 bridgehead atoms. The highest BCUT2D eigenvalue weighted by Gasteiger charge is 1.98. The van der Waals surface area contributed by atoms with E-state index in [2.05, 4.69) is 24.0 Å². The maximum absolute atomic E-state index is 8.71. The summed E-state index contributed by atoms with van der Waals surface area (Å²) in [5.41, 5.74) is 2.29. The van der Waals surface area contributed by atoms with E-state index in [4.69, 9.17) is 5.11 Å². The van der Waals surface area contributed by atoms with Gasteiger partial charge in [0.05, 0.1) is 6.61 Å². The van der Waals surface area contributed by atoms with Crippen LogP contribution in [0, 0.1) is 6.92 Å². The third-order valence-electron chi connectivity index (χ3n) is 1.96. The fourth-order valence-electron chi connectivity index (χ4n) is 1.21. The summed E-state index contributed by atoms with van der Waals surface area (Å²) < 4.78 is 0. The summed E-state index contributed by atoms with van der Waals surface area (Å²) >= 11 is 0. The topological polar surface area (TPSA) is 23.5 Å². The minimum atomic E-state index is 0.212. The van der Waals surface area contributed by atoms with Crippen molar-refractivity contribution in [3.63, 3.8) is 0 Å². The van der Waals surface area contributed by atoms with E-state index < -0.39 is 0 Å². The van der Waals surface area contributed by atoms with Crippen LogP contribution in [-0.4, -0.2) is 30.2 Å². The average Bonchev–Trinajstić information content (AvgIpc) is 2.09. The molecule has 0 aliphatic heterocycles. The van der Waals surface area contributed by atoms with E-state index >= 15 is 0 Å². The van der Waals surface area contributed by atoms with Gasteiger partial charge in [0.15, 0.2) is 0 Å². The summed E-state index contributed by atoms with van der Waals surface area (Å²) in [6, 6.07) is 8.14. The SMILES string of the molecule is [CH2]c1ccc(CN(C)CCO)cc1. The number of rotatable bonds is 4. The molecule has 2 heteroatoms. The van der Waals surface area contributed by atoms with Crippen molar-refractivity contribution in [1.82, 2.24) is 4.90 Å². The smallest absolute Gasteiger partial charge is 0.0558 e. The second-order valence-electron chi connectivity index (χ2n) is 3.28. The number of aliphatic hydroxyl groups is 1. The second kappa shape index (κ2) is 5.00. The van der Waals surface area contributed by atoms with Gasteiger partial charge in [0.1, 0.15) is 0 Å². The van der Waals surface area contributed by atoms with E-state index in [1.54, 1.807) is 0 Å². The highest BCUT2D eigenvalue weighted by Crippen LogP contribution is 2.05. The Morgan fingerprint density at radius 2 is 1.92 bits per heavy atom. The van der Waals surface area contributed by atoms with Crippen molar-refractivity contribution in [1.29, 1.82) is 0 Å². The van der Waals surface area contributed by atoms with Crippen molar-refractivity contribution in [3.8, 4) is 0 Å².